The first-order chi connectivity index (χ1) is 5.90. The predicted molar refractivity (Wildman–Crippen MR) is 45.4 cm³/mol. The van der Waals surface area contributed by atoms with Crippen molar-refractivity contribution in [2.24, 2.45) is 0 Å². The molecule has 1 heterocycles. The second-order valence-corrected chi connectivity index (χ2v) is 2.72. The van der Waals surface area contributed by atoms with Gasteiger partial charge in [-0.25, -0.2) is 5.11 Å². The molecule has 12 heavy (non-hydrogen) atoms. The molecule has 0 spiro atoms. The Morgan fingerprint density at radius 1 is 1.33 bits per heavy atom. The minimum Gasteiger partial charge on any atom is -0.483 e. The second-order valence-electron chi connectivity index (χ2n) is 2.72. The number of benzene rings is 1. The van der Waals surface area contributed by atoms with Gasteiger partial charge < -0.3 is 4.74 Å². The Morgan fingerprint density at radius 2 is 2.17 bits per heavy atom. The fraction of sp³-hybridized carbons (Fsp3) is 0.200. The van der Waals surface area contributed by atoms with Gasteiger partial charge in [-0.15, -0.1) is 0 Å². The summed E-state index contributed by atoms with van der Waals surface area (Å²) in [5.41, 5.74) is 1.04. The predicted octanol–water partition coefficient (Wildman–Crippen LogP) is 1.89. The van der Waals surface area contributed by atoms with Crippen LogP contribution in [0.25, 0.3) is 6.08 Å². The second kappa shape index (κ2) is 2.99. The van der Waals surface area contributed by atoms with Gasteiger partial charge in [0.25, 0.3) is 0 Å². The standard InChI is InChI=1S/C10H9O2/c11-7-9-6-5-8-3-1-2-4-10(8)12-9/h1-6,9H,7H2. The normalized spacial score (nSPS) is 19.9. The SMILES string of the molecule is [O]CC1C=Cc2ccccc2O1. The number of hydrogen-bond donors (Lipinski definition) is 0. The lowest BCUT2D eigenvalue weighted by Crippen LogP contribution is -2.19. The molecule has 0 N–H and O–H groups in total. The van der Waals surface area contributed by atoms with Crippen molar-refractivity contribution in [2.45, 2.75) is 6.10 Å². The van der Waals surface area contributed by atoms with Gasteiger partial charge in [0.2, 0.25) is 0 Å². The highest BCUT2D eigenvalue weighted by Gasteiger charge is 2.12. The topological polar surface area (TPSA) is 29.1 Å². The number of fused-ring (bicyclic) bond motifs is 1. The molecule has 1 atom stereocenters. The number of hydrogen-bond acceptors (Lipinski definition) is 1. The van der Waals surface area contributed by atoms with Gasteiger partial charge in [0, 0.05) is 5.56 Å². The zero-order valence-corrected chi connectivity index (χ0v) is 6.57. The molecule has 1 aromatic rings. The average molecular weight is 161 g/mol. The molecule has 1 aliphatic rings. The zero-order valence-electron chi connectivity index (χ0n) is 6.57. The molecule has 0 aromatic heterocycles. The molecule has 2 nitrogen and oxygen atoms in total. The Morgan fingerprint density at radius 3 is 3.00 bits per heavy atom. The number of para-hydroxylation sites is 1. The van der Waals surface area contributed by atoms with Crippen LogP contribution in [0.4, 0.5) is 0 Å². The van der Waals surface area contributed by atoms with Crippen molar-refractivity contribution in [3.63, 3.8) is 0 Å². The molecule has 2 rings (SSSR count). The fourth-order valence-corrected chi connectivity index (χ4v) is 1.23. The van der Waals surface area contributed by atoms with E-state index < -0.39 is 0 Å². The zero-order chi connectivity index (χ0) is 8.39. The van der Waals surface area contributed by atoms with Crippen molar-refractivity contribution >= 4 is 6.08 Å². The van der Waals surface area contributed by atoms with E-state index in [1.807, 2.05) is 30.3 Å². The van der Waals surface area contributed by atoms with Gasteiger partial charge in [0.1, 0.15) is 18.5 Å². The summed E-state index contributed by atoms with van der Waals surface area (Å²) in [5.74, 6) is 0.806. The van der Waals surface area contributed by atoms with E-state index in [1.54, 1.807) is 6.08 Å². The first-order valence-corrected chi connectivity index (χ1v) is 3.92. The van der Waals surface area contributed by atoms with Gasteiger partial charge in [-0.1, -0.05) is 24.3 Å². The maximum absolute atomic E-state index is 10.5. The molecule has 0 fully saturated rings. The van der Waals surface area contributed by atoms with Gasteiger partial charge >= 0.3 is 0 Å². The van der Waals surface area contributed by atoms with Crippen LogP contribution < -0.4 is 4.74 Å². The maximum atomic E-state index is 10.5. The van der Waals surface area contributed by atoms with E-state index in [9.17, 15) is 5.11 Å². The van der Waals surface area contributed by atoms with Gasteiger partial charge in [-0.3, -0.25) is 0 Å². The number of ether oxygens (including phenoxy) is 1. The summed E-state index contributed by atoms with van der Waals surface area (Å²) in [6.07, 6.45) is 3.44. The van der Waals surface area contributed by atoms with Crippen molar-refractivity contribution in [1.29, 1.82) is 0 Å². The van der Waals surface area contributed by atoms with Crippen LogP contribution in [0.3, 0.4) is 0 Å². The van der Waals surface area contributed by atoms with Crippen LogP contribution in [0.1, 0.15) is 5.56 Å². The Kier molecular flexibility index (Phi) is 1.84. The van der Waals surface area contributed by atoms with Crippen molar-refractivity contribution < 1.29 is 9.84 Å². The van der Waals surface area contributed by atoms with Crippen molar-refractivity contribution in [2.75, 3.05) is 6.61 Å². The lowest BCUT2D eigenvalue weighted by Gasteiger charge is -2.18. The van der Waals surface area contributed by atoms with Crippen molar-refractivity contribution in [1.82, 2.24) is 0 Å². The lowest BCUT2D eigenvalue weighted by atomic mass is 10.1. The fourth-order valence-electron chi connectivity index (χ4n) is 1.23. The third-order valence-electron chi connectivity index (χ3n) is 1.85. The first-order valence-electron chi connectivity index (χ1n) is 3.92. The Hall–Kier alpha value is -1.28. The van der Waals surface area contributed by atoms with E-state index in [0.29, 0.717) is 0 Å². The highest BCUT2D eigenvalue weighted by Crippen LogP contribution is 2.24. The smallest absolute Gasteiger partial charge is 0.144 e. The molecular formula is C10H9O2. The highest BCUT2D eigenvalue weighted by molar-refractivity contribution is 5.59. The summed E-state index contributed by atoms with van der Waals surface area (Å²) in [5, 5.41) is 10.5. The summed E-state index contributed by atoms with van der Waals surface area (Å²) < 4.78 is 5.38. The van der Waals surface area contributed by atoms with E-state index in [1.165, 1.54) is 0 Å². The molecular weight excluding hydrogens is 152 g/mol. The molecule has 0 saturated heterocycles. The van der Waals surface area contributed by atoms with Crippen LogP contribution in [-0.2, 0) is 5.11 Å². The summed E-state index contributed by atoms with van der Waals surface area (Å²) in [7, 11) is 0. The summed E-state index contributed by atoms with van der Waals surface area (Å²) >= 11 is 0. The van der Waals surface area contributed by atoms with E-state index in [4.69, 9.17) is 4.74 Å². The Bertz CT molecular complexity index is 304. The van der Waals surface area contributed by atoms with Gasteiger partial charge in [0.05, 0.1) is 0 Å². The van der Waals surface area contributed by atoms with Crippen LogP contribution in [0.2, 0.25) is 0 Å². The van der Waals surface area contributed by atoms with Crippen LogP contribution >= 0.6 is 0 Å². The molecule has 1 aromatic carbocycles. The van der Waals surface area contributed by atoms with E-state index in [0.717, 1.165) is 11.3 Å². The maximum Gasteiger partial charge on any atom is 0.144 e. The van der Waals surface area contributed by atoms with Gasteiger partial charge in [0.15, 0.2) is 0 Å². The van der Waals surface area contributed by atoms with E-state index in [-0.39, 0.29) is 12.7 Å². The molecule has 61 valence electrons. The van der Waals surface area contributed by atoms with Crippen LogP contribution in [0.15, 0.2) is 30.3 Å². The lowest BCUT2D eigenvalue weighted by molar-refractivity contribution is 0.0973. The van der Waals surface area contributed by atoms with Crippen molar-refractivity contribution in [3.8, 4) is 5.75 Å². The highest BCUT2D eigenvalue weighted by atomic mass is 16.5. The molecule has 1 radical (unpaired) electrons. The minimum absolute atomic E-state index is 0.217. The van der Waals surface area contributed by atoms with Crippen LogP contribution in [-0.4, -0.2) is 12.7 Å². The van der Waals surface area contributed by atoms with Gasteiger partial charge in [-0.2, -0.15) is 0 Å². The van der Waals surface area contributed by atoms with Crippen molar-refractivity contribution in [3.05, 3.63) is 35.9 Å². The Labute approximate surface area is 71.1 Å². The summed E-state index contributed by atoms with van der Waals surface area (Å²) in [4.78, 5) is 0. The largest absolute Gasteiger partial charge is 0.483 e. The molecule has 0 amide bonds. The monoisotopic (exact) mass is 161 g/mol. The number of rotatable bonds is 1. The quantitative estimate of drug-likeness (QED) is 0.618. The third-order valence-corrected chi connectivity index (χ3v) is 1.85. The molecule has 0 aliphatic carbocycles. The van der Waals surface area contributed by atoms with Crippen LogP contribution in [0.5, 0.6) is 5.75 Å². The van der Waals surface area contributed by atoms with Crippen LogP contribution in [0, 0.1) is 0 Å². The summed E-state index contributed by atoms with van der Waals surface area (Å²) in [6.45, 7) is -0.217. The average Bonchev–Trinajstić information content (AvgIpc) is 2.17. The molecule has 1 unspecified atom stereocenters. The molecule has 0 bridgehead atoms. The molecule has 1 aliphatic heterocycles. The molecule has 2 heteroatoms. The third kappa shape index (κ3) is 1.21. The van der Waals surface area contributed by atoms with Gasteiger partial charge in [-0.05, 0) is 12.1 Å². The summed E-state index contributed by atoms with van der Waals surface area (Å²) in [6, 6.07) is 7.69. The molecule has 0 saturated carbocycles. The van der Waals surface area contributed by atoms with E-state index >= 15 is 0 Å². The Balaban J connectivity index is 2.33. The first kappa shape index (κ1) is 7.37. The minimum atomic E-state index is -0.292. The van der Waals surface area contributed by atoms with E-state index in [2.05, 4.69) is 0 Å².